The van der Waals surface area contributed by atoms with E-state index in [-0.39, 0.29) is 23.2 Å². The molecule has 0 aliphatic carbocycles. The van der Waals surface area contributed by atoms with Gasteiger partial charge in [0.05, 0.1) is 12.8 Å². The molecule has 0 spiro atoms. The Morgan fingerprint density at radius 2 is 1.56 bits per heavy atom. The first-order valence-corrected chi connectivity index (χ1v) is 15.4. The van der Waals surface area contributed by atoms with E-state index in [1.807, 2.05) is 48.5 Å². The fraction of sp³-hybridized carbons (Fsp3) is 0.417. The number of phenols is 2. The SMILES string of the molecule is CCCCC/C=C/C(=O)CCc1ccc(O)c(OCCc2ccc(O)c([C@H](CCCOC)c3ccc(C(N)N)cc3)c2)c1. The van der Waals surface area contributed by atoms with Gasteiger partial charge in [-0.15, -0.1) is 0 Å². The molecule has 1 atom stereocenters. The number of aryl methyl sites for hydroxylation is 1. The van der Waals surface area contributed by atoms with E-state index in [1.54, 1.807) is 31.4 Å². The largest absolute Gasteiger partial charge is 0.508 e. The second-order valence-electron chi connectivity index (χ2n) is 11.0. The maximum Gasteiger partial charge on any atom is 0.161 e. The number of ether oxygens (including phenoxy) is 2. The quantitative estimate of drug-likeness (QED) is 0.0686. The van der Waals surface area contributed by atoms with Gasteiger partial charge in [0.2, 0.25) is 0 Å². The first-order valence-electron chi connectivity index (χ1n) is 15.4. The Morgan fingerprint density at radius 1 is 0.860 bits per heavy atom. The molecule has 0 saturated heterocycles. The Morgan fingerprint density at radius 3 is 2.26 bits per heavy atom. The summed E-state index contributed by atoms with van der Waals surface area (Å²) in [6, 6.07) is 18.8. The van der Waals surface area contributed by atoms with Crippen molar-refractivity contribution in [2.75, 3.05) is 20.3 Å². The number of aromatic hydroxyl groups is 2. The number of hydrogen-bond acceptors (Lipinski definition) is 7. The fourth-order valence-corrected chi connectivity index (χ4v) is 5.11. The number of benzene rings is 3. The van der Waals surface area contributed by atoms with Gasteiger partial charge < -0.3 is 31.2 Å². The van der Waals surface area contributed by atoms with Crippen LogP contribution in [0.1, 0.15) is 91.8 Å². The minimum Gasteiger partial charge on any atom is -0.508 e. The Kier molecular flexibility index (Phi) is 14.3. The third-order valence-electron chi connectivity index (χ3n) is 7.64. The Balaban J connectivity index is 1.64. The lowest BCUT2D eigenvalue weighted by Gasteiger charge is -2.21. The summed E-state index contributed by atoms with van der Waals surface area (Å²) in [7, 11) is 1.69. The number of ketones is 1. The number of nitrogens with two attached hydrogens (primary N) is 2. The number of phenolic OH excluding ortho intramolecular Hbond substituents is 2. The van der Waals surface area contributed by atoms with Gasteiger partial charge in [0, 0.05) is 38.0 Å². The summed E-state index contributed by atoms with van der Waals surface area (Å²) in [4.78, 5) is 12.2. The molecule has 0 aliphatic heterocycles. The smallest absolute Gasteiger partial charge is 0.161 e. The van der Waals surface area contributed by atoms with Crippen molar-refractivity contribution in [2.24, 2.45) is 11.5 Å². The molecule has 43 heavy (non-hydrogen) atoms. The molecule has 0 heterocycles. The van der Waals surface area contributed by atoms with Gasteiger partial charge in [0.15, 0.2) is 17.3 Å². The van der Waals surface area contributed by atoms with Crippen molar-refractivity contribution in [3.63, 3.8) is 0 Å². The zero-order chi connectivity index (χ0) is 31.0. The van der Waals surface area contributed by atoms with E-state index >= 15 is 0 Å². The van der Waals surface area contributed by atoms with Crippen LogP contribution in [0.5, 0.6) is 17.2 Å². The molecule has 0 fully saturated rings. The monoisotopic (exact) mass is 588 g/mol. The second-order valence-corrected chi connectivity index (χ2v) is 11.0. The molecule has 0 aliphatic rings. The van der Waals surface area contributed by atoms with Gasteiger partial charge in [0.1, 0.15) is 5.75 Å². The molecule has 3 aromatic carbocycles. The number of methoxy groups -OCH3 is 1. The van der Waals surface area contributed by atoms with E-state index in [1.165, 1.54) is 12.8 Å². The summed E-state index contributed by atoms with van der Waals surface area (Å²) in [6.45, 7) is 3.14. The lowest BCUT2D eigenvalue weighted by atomic mass is 9.85. The van der Waals surface area contributed by atoms with Gasteiger partial charge in [-0.1, -0.05) is 68.3 Å². The van der Waals surface area contributed by atoms with Crippen LogP contribution in [-0.2, 0) is 22.4 Å². The molecule has 0 radical (unpaired) electrons. The van der Waals surface area contributed by atoms with E-state index in [0.29, 0.717) is 38.2 Å². The molecule has 3 aromatic rings. The normalized spacial score (nSPS) is 12.2. The van der Waals surface area contributed by atoms with E-state index in [2.05, 4.69) is 6.92 Å². The molecule has 0 unspecified atom stereocenters. The van der Waals surface area contributed by atoms with Crippen LogP contribution >= 0.6 is 0 Å². The molecule has 7 heteroatoms. The summed E-state index contributed by atoms with van der Waals surface area (Å²) in [6.07, 6.45) is 10.7. The van der Waals surface area contributed by atoms with Gasteiger partial charge >= 0.3 is 0 Å². The second kappa shape index (κ2) is 18.1. The molecule has 7 nitrogen and oxygen atoms in total. The Hall–Kier alpha value is -3.65. The van der Waals surface area contributed by atoms with Crippen molar-refractivity contribution < 1.29 is 24.5 Å². The lowest BCUT2D eigenvalue weighted by molar-refractivity contribution is -0.114. The predicted molar refractivity (Wildman–Crippen MR) is 173 cm³/mol. The third-order valence-corrected chi connectivity index (χ3v) is 7.64. The number of carbonyl (C=O) groups is 1. The highest BCUT2D eigenvalue weighted by Crippen LogP contribution is 2.36. The molecule has 0 amide bonds. The Labute approximate surface area is 256 Å². The maximum absolute atomic E-state index is 12.2. The summed E-state index contributed by atoms with van der Waals surface area (Å²) >= 11 is 0. The van der Waals surface area contributed by atoms with Crippen LogP contribution in [0.4, 0.5) is 0 Å². The van der Waals surface area contributed by atoms with Crippen LogP contribution in [0, 0.1) is 0 Å². The molecule has 0 bridgehead atoms. The summed E-state index contributed by atoms with van der Waals surface area (Å²) in [5.74, 6) is 0.775. The minimum absolute atomic E-state index is 0.0336. The number of rotatable bonds is 19. The number of unbranched alkanes of at least 4 members (excludes halogenated alkanes) is 3. The lowest BCUT2D eigenvalue weighted by Crippen LogP contribution is -2.19. The van der Waals surface area contributed by atoms with Crippen LogP contribution < -0.4 is 16.2 Å². The molecule has 3 rings (SSSR count). The first-order chi connectivity index (χ1) is 20.8. The van der Waals surface area contributed by atoms with E-state index in [0.717, 1.165) is 53.5 Å². The van der Waals surface area contributed by atoms with Gasteiger partial charge in [-0.25, -0.2) is 0 Å². The van der Waals surface area contributed by atoms with Crippen molar-refractivity contribution in [1.29, 1.82) is 0 Å². The number of hydrogen-bond donors (Lipinski definition) is 4. The minimum atomic E-state index is -0.539. The third kappa shape index (κ3) is 11.2. The summed E-state index contributed by atoms with van der Waals surface area (Å²) < 4.78 is 11.3. The van der Waals surface area contributed by atoms with E-state index in [9.17, 15) is 15.0 Å². The van der Waals surface area contributed by atoms with Crippen LogP contribution in [-0.4, -0.2) is 36.3 Å². The maximum atomic E-state index is 12.2. The van der Waals surface area contributed by atoms with Crippen molar-refractivity contribution in [1.82, 2.24) is 0 Å². The van der Waals surface area contributed by atoms with Gasteiger partial charge in [-0.3, -0.25) is 4.79 Å². The van der Waals surface area contributed by atoms with Crippen molar-refractivity contribution in [3.8, 4) is 17.2 Å². The highest BCUT2D eigenvalue weighted by molar-refractivity contribution is 5.89. The highest BCUT2D eigenvalue weighted by Gasteiger charge is 2.19. The van der Waals surface area contributed by atoms with Crippen molar-refractivity contribution >= 4 is 5.78 Å². The van der Waals surface area contributed by atoms with E-state index in [4.69, 9.17) is 20.9 Å². The Bertz CT molecular complexity index is 1300. The van der Waals surface area contributed by atoms with Crippen molar-refractivity contribution in [3.05, 3.63) is 101 Å². The fourth-order valence-electron chi connectivity index (χ4n) is 5.11. The van der Waals surface area contributed by atoms with Crippen LogP contribution in [0.3, 0.4) is 0 Å². The zero-order valence-electron chi connectivity index (χ0n) is 25.6. The topological polar surface area (TPSA) is 128 Å². The molecule has 6 N–H and O–H groups in total. The van der Waals surface area contributed by atoms with Crippen LogP contribution in [0.25, 0.3) is 0 Å². The first kappa shape index (κ1) is 33.8. The summed E-state index contributed by atoms with van der Waals surface area (Å²) in [5.41, 5.74) is 16.4. The van der Waals surface area contributed by atoms with Crippen molar-refractivity contribution in [2.45, 2.75) is 76.8 Å². The van der Waals surface area contributed by atoms with Gasteiger partial charge in [0.25, 0.3) is 0 Å². The molecular formula is C36H48N2O5. The van der Waals surface area contributed by atoms with Gasteiger partial charge in [-0.2, -0.15) is 0 Å². The standard InChI is InChI=1S/C36H48N2O5/c1-3-4-5-6-7-9-30(39)18-11-26-13-20-34(41)35(25-26)43-23-21-27-12-19-33(40)32(24-27)31(10-8-22-42-2)28-14-16-29(17-15-28)36(37)38/h7,9,12-17,19-20,24-25,31,36,40-41H,3-6,8,10-11,18,21-23,37-38H2,1-2H3/b9-7+/t31-/m1/s1. The van der Waals surface area contributed by atoms with E-state index < -0.39 is 6.17 Å². The molecule has 0 saturated carbocycles. The zero-order valence-corrected chi connectivity index (χ0v) is 25.6. The van der Waals surface area contributed by atoms with Crippen LogP contribution in [0.15, 0.2) is 72.8 Å². The molecule has 232 valence electrons. The molecular weight excluding hydrogens is 540 g/mol. The average molecular weight is 589 g/mol. The average Bonchev–Trinajstić information content (AvgIpc) is 3.00. The summed E-state index contributed by atoms with van der Waals surface area (Å²) in [5, 5.41) is 21.2. The van der Waals surface area contributed by atoms with Crippen LogP contribution in [0.2, 0.25) is 0 Å². The number of allylic oxidation sites excluding steroid dienone is 2. The predicted octanol–water partition coefficient (Wildman–Crippen LogP) is 6.83. The number of carbonyl (C=O) groups excluding carboxylic acids is 1. The highest BCUT2D eigenvalue weighted by atomic mass is 16.5. The van der Waals surface area contributed by atoms with Gasteiger partial charge in [-0.05, 0) is 78.6 Å². The molecule has 0 aromatic heterocycles.